The summed E-state index contributed by atoms with van der Waals surface area (Å²) in [6, 6.07) is 10.9. The molecule has 0 radical (unpaired) electrons. The van der Waals surface area contributed by atoms with Gasteiger partial charge >= 0.3 is 0 Å². The number of aromatic hydroxyl groups is 1. The minimum Gasteiger partial charge on any atom is -0.507 e. The van der Waals surface area contributed by atoms with E-state index in [1.807, 2.05) is 25.1 Å². The summed E-state index contributed by atoms with van der Waals surface area (Å²) in [6.07, 6.45) is 1.47. The van der Waals surface area contributed by atoms with E-state index in [2.05, 4.69) is 46.6 Å². The van der Waals surface area contributed by atoms with E-state index in [0.29, 0.717) is 29.1 Å². The van der Waals surface area contributed by atoms with Gasteiger partial charge in [0.25, 0.3) is 5.95 Å². The predicted octanol–water partition coefficient (Wildman–Crippen LogP) is 3.82. The topological polar surface area (TPSA) is 108 Å². The molecule has 0 atom stereocenters. The van der Waals surface area contributed by atoms with Crippen LogP contribution in [0.4, 0.5) is 5.95 Å². The summed E-state index contributed by atoms with van der Waals surface area (Å²) >= 11 is 3.45. The van der Waals surface area contributed by atoms with Gasteiger partial charge in [0.15, 0.2) is 5.65 Å². The fourth-order valence-electron chi connectivity index (χ4n) is 2.64. The van der Waals surface area contributed by atoms with Crippen LogP contribution in [0.5, 0.6) is 11.5 Å². The normalized spacial score (nSPS) is 11.5. The standard InChI is InChI=1S/C18H15BrN6O2/c1-2-27-12-5-3-10(15(26)8-12)9-20-24-18-22-17-16(23-25-18)13-7-11(19)4-6-14(13)21-17/h3-9,26H,2H2,1H3,(H2,21,22,24,25)/b20-9+. The number of rotatable bonds is 5. The minimum atomic E-state index is 0.0715. The summed E-state index contributed by atoms with van der Waals surface area (Å²) < 4.78 is 6.29. The van der Waals surface area contributed by atoms with Crippen LogP contribution in [0.3, 0.4) is 0 Å². The number of hydrazone groups is 1. The number of H-pyrrole nitrogens is 1. The smallest absolute Gasteiger partial charge is 0.265 e. The Morgan fingerprint density at radius 3 is 2.96 bits per heavy atom. The van der Waals surface area contributed by atoms with Crippen LogP contribution >= 0.6 is 15.9 Å². The number of fused-ring (bicyclic) bond motifs is 3. The fraction of sp³-hybridized carbons (Fsp3) is 0.111. The van der Waals surface area contributed by atoms with E-state index in [9.17, 15) is 5.11 Å². The molecule has 2 heterocycles. The lowest BCUT2D eigenvalue weighted by Crippen LogP contribution is -1.99. The number of benzene rings is 2. The highest BCUT2D eigenvalue weighted by Crippen LogP contribution is 2.26. The van der Waals surface area contributed by atoms with E-state index < -0.39 is 0 Å². The molecule has 27 heavy (non-hydrogen) atoms. The number of nitrogens with one attached hydrogen (secondary N) is 2. The average molecular weight is 427 g/mol. The number of phenols is 1. The zero-order valence-electron chi connectivity index (χ0n) is 14.3. The Hall–Kier alpha value is -3.20. The van der Waals surface area contributed by atoms with Crippen LogP contribution < -0.4 is 10.2 Å². The summed E-state index contributed by atoms with van der Waals surface area (Å²) in [5.74, 6) is 0.917. The van der Waals surface area contributed by atoms with Gasteiger partial charge in [-0.05, 0) is 37.3 Å². The molecule has 2 aromatic heterocycles. The Bertz CT molecular complexity index is 1160. The van der Waals surface area contributed by atoms with Crippen LogP contribution in [0.1, 0.15) is 12.5 Å². The molecule has 0 fully saturated rings. The van der Waals surface area contributed by atoms with Crippen LogP contribution in [-0.4, -0.2) is 38.1 Å². The van der Waals surface area contributed by atoms with E-state index in [1.54, 1.807) is 12.1 Å². The van der Waals surface area contributed by atoms with Gasteiger partial charge in [0.2, 0.25) is 0 Å². The van der Waals surface area contributed by atoms with E-state index in [4.69, 9.17) is 4.74 Å². The lowest BCUT2D eigenvalue weighted by atomic mass is 10.2. The third-order valence-corrected chi connectivity index (χ3v) is 4.35. The third kappa shape index (κ3) is 3.54. The minimum absolute atomic E-state index is 0.0715. The maximum atomic E-state index is 10.0. The molecule has 9 heteroatoms. The molecular formula is C18H15BrN6O2. The molecular weight excluding hydrogens is 412 g/mol. The number of aromatic nitrogens is 4. The molecule has 2 aromatic carbocycles. The van der Waals surface area contributed by atoms with Gasteiger partial charge in [-0.3, -0.25) is 0 Å². The number of hydrogen-bond donors (Lipinski definition) is 3. The summed E-state index contributed by atoms with van der Waals surface area (Å²) in [6.45, 7) is 2.42. The van der Waals surface area contributed by atoms with Crippen LogP contribution in [0.2, 0.25) is 0 Å². The number of halogens is 1. The van der Waals surface area contributed by atoms with E-state index in [-0.39, 0.29) is 11.7 Å². The predicted molar refractivity (Wildman–Crippen MR) is 107 cm³/mol. The summed E-state index contributed by atoms with van der Waals surface area (Å²) in [4.78, 5) is 7.58. The van der Waals surface area contributed by atoms with Crippen LogP contribution in [0, 0.1) is 0 Å². The van der Waals surface area contributed by atoms with Crippen molar-refractivity contribution in [3.8, 4) is 11.5 Å². The van der Waals surface area contributed by atoms with Crippen LogP contribution in [0.15, 0.2) is 46.0 Å². The first-order chi connectivity index (χ1) is 13.1. The van der Waals surface area contributed by atoms with Gasteiger partial charge in [-0.25, -0.2) is 5.43 Å². The van der Waals surface area contributed by atoms with Crippen molar-refractivity contribution in [2.75, 3.05) is 12.0 Å². The summed E-state index contributed by atoms with van der Waals surface area (Å²) in [7, 11) is 0. The zero-order chi connectivity index (χ0) is 18.8. The highest BCUT2D eigenvalue weighted by Gasteiger charge is 2.09. The Kier molecular flexibility index (Phi) is 4.59. The second kappa shape index (κ2) is 7.20. The van der Waals surface area contributed by atoms with Gasteiger partial charge in [-0.2, -0.15) is 10.1 Å². The molecule has 3 N–H and O–H groups in total. The van der Waals surface area contributed by atoms with Crippen molar-refractivity contribution in [3.05, 3.63) is 46.4 Å². The third-order valence-electron chi connectivity index (χ3n) is 3.86. The lowest BCUT2D eigenvalue weighted by molar-refractivity contribution is 0.337. The molecule has 0 aliphatic rings. The number of aromatic amines is 1. The molecule has 0 spiro atoms. The Morgan fingerprint density at radius 2 is 2.15 bits per heavy atom. The zero-order valence-corrected chi connectivity index (χ0v) is 15.9. The molecule has 4 aromatic rings. The fourth-order valence-corrected chi connectivity index (χ4v) is 3.00. The van der Waals surface area contributed by atoms with Crippen LogP contribution in [0.25, 0.3) is 22.1 Å². The number of anilines is 1. The number of phenolic OH excluding ortho intramolecular Hbond substituents is 1. The first-order valence-electron chi connectivity index (χ1n) is 8.20. The van der Waals surface area contributed by atoms with Gasteiger partial charge in [-0.1, -0.05) is 15.9 Å². The van der Waals surface area contributed by atoms with E-state index >= 15 is 0 Å². The molecule has 4 rings (SSSR count). The molecule has 0 unspecified atom stereocenters. The second-order valence-corrected chi connectivity index (χ2v) is 6.59. The van der Waals surface area contributed by atoms with Crippen molar-refractivity contribution in [1.29, 1.82) is 0 Å². The quantitative estimate of drug-likeness (QED) is 0.330. The van der Waals surface area contributed by atoms with E-state index in [1.165, 1.54) is 12.3 Å². The van der Waals surface area contributed by atoms with Crippen molar-refractivity contribution in [1.82, 2.24) is 20.2 Å². The van der Waals surface area contributed by atoms with Crippen molar-refractivity contribution in [2.45, 2.75) is 6.92 Å². The van der Waals surface area contributed by atoms with Gasteiger partial charge in [-0.15, -0.1) is 10.2 Å². The van der Waals surface area contributed by atoms with Gasteiger partial charge in [0.05, 0.1) is 12.8 Å². The van der Waals surface area contributed by atoms with Crippen molar-refractivity contribution in [3.63, 3.8) is 0 Å². The van der Waals surface area contributed by atoms with Gasteiger partial charge in [0.1, 0.15) is 17.0 Å². The molecule has 0 aliphatic carbocycles. The molecule has 0 amide bonds. The molecule has 8 nitrogen and oxygen atoms in total. The lowest BCUT2D eigenvalue weighted by Gasteiger charge is -2.04. The molecule has 0 aliphatic heterocycles. The highest BCUT2D eigenvalue weighted by molar-refractivity contribution is 9.10. The molecule has 0 saturated heterocycles. The maximum absolute atomic E-state index is 10.0. The Balaban J connectivity index is 1.55. The first-order valence-corrected chi connectivity index (χ1v) is 9.00. The van der Waals surface area contributed by atoms with Gasteiger partial charge < -0.3 is 14.8 Å². The largest absolute Gasteiger partial charge is 0.507 e. The molecule has 136 valence electrons. The molecule has 0 bridgehead atoms. The van der Waals surface area contributed by atoms with Gasteiger partial charge in [0, 0.05) is 27.0 Å². The van der Waals surface area contributed by atoms with Crippen LogP contribution in [-0.2, 0) is 0 Å². The highest BCUT2D eigenvalue weighted by atomic mass is 79.9. The summed E-state index contributed by atoms with van der Waals surface area (Å²) in [5, 5.41) is 23.3. The number of ether oxygens (including phenoxy) is 1. The second-order valence-electron chi connectivity index (χ2n) is 5.67. The number of hydrogen-bond acceptors (Lipinski definition) is 7. The maximum Gasteiger partial charge on any atom is 0.265 e. The Morgan fingerprint density at radius 1 is 1.26 bits per heavy atom. The first kappa shape index (κ1) is 17.2. The monoisotopic (exact) mass is 426 g/mol. The van der Waals surface area contributed by atoms with Crippen molar-refractivity contribution >= 4 is 50.2 Å². The Labute approximate surface area is 162 Å². The number of nitrogens with zero attached hydrogens (tertiary/aromatic N) is 4. The summed E-state index contributed by atoms with van der Waals surface area (Å²) in [5.41, 5.74) is 5.48. The average Bonchev–Trinajstić information content (AvgIpc) is 3.01. The van der Waals surface area contributed by atoms with Crippen molar-refractivity contribution < 1.29 is 9.84 Å². The van der Waals surface area contributed by atoms with Crippen molar-refractivity contribution in [2.24, 2.45) is 5.10 Å². The SMILES string of the molecule is CCOc1ccc(/C=N/Nc2nnc3c(n2)[nH]c2ccc(Br)cc23)c(O)c1. The molecule has 0 saturated carbocycles. The van der Waals surface area contributed by atoms with E-state index in [0.717, 1.165) is 15.4 Å².